The van der Waals surface area contributed by atoms with Crippen LogP contribution in [0.15, 0.2) is 11.6 Å². The molecule has 4 fully saturated rings. The molecule has 0 amide bonds. The number of allylic oxidation sites excluding steroid dienone is 1. The molecule has 152 valence electrons. The molecule has 7 unspecified atom stereocenters. The molecular weight excluding hydrogens is 336 g/mol. The van der Waals surface area contributed by atoms with Crippen LogP contribution in [0, 0.1) is 40.4 Å². The Labute approximate surface area is 164 Å². The smallest absolute Gasteiger partial charge is 0.172 e. The Balaban J connectivity index is 1.42. The van der Waals surface area contributed by atoms with Gasteiger partial charge in [0.1, 0.15) is 0 Å². The highest BCUT2D eigenvalue weighted by Crippen LogP contribution is 2.67. The quantitative estimate of drug-likeness (QED) is 0.696. The van der Waals surface area contributed by atoms with E-state index in [1.54, 1.807) is 5.57 Å². The molecule has 0 aromatic rings. The van der Waals surface area contributed by atoms with Gasteiger partial charge in [0.2, 0.25) is 0 Å². The SMILES string of the molecule is CC(CO)C1CCC2C3CC=C4CC5(CCC4(C)C3CCC12C)OCCO5. The molecule has 1 aliphatic heterocycles. The molecule has 5 aliphatic rings. The van der Waals surface area contributed by atoms with Gasteiger partial charge in [0.25, 0.3) is 0 Å². The highest BCUT2D eigenvalue weighted by atomic mass is 16.7. The average Bonchev–Trinajstić information content (AvgIpc) is 3.26. The summed E-state index contributed by atoms with van der Waals surface area (Å²) < 4.78 is 12.1. The molecule has 0 aromatic carbocycles. The molecule has 3 heteroatoms. The lowest BCUT2D eigenvalue weighted by molar-refractivity contribution is -0.185. The molecule has 27 heavy (non-hydrogen) atoms. The molecule has 1 saturated heterocycles. The molecule has 3 saturated carbocycles. The maximum Gasteiger partial charge on any atom is 0.172 e. The van der Waals surface area contributed by atoms with Crippen LogP contribution in [0.2, 0.25) is 0 Å². The van der Waals surface area contributed by atoms with Gasteiger partial charge in [-0.1, -0.05) is 32.4 Å². The van der Waals surface area contributed by atoms with Gasteiger partial charge in [-0.15, -0.1) is 0 Å². The molecule has 3 nitrogen and oxygen atoms in total. The standard InChI is InChI=1S/C24H38O3/c1-16(15-25)19-6-7-20-18-5-4-17-14-24(26-12-13-27-24)11-10-22(17,2)21(18)8-9-23(19,20)3/h4,16,18-21,25H,5-15H2,1-3H3. The van der Waals surface area contributed by atoms with E-state index >= 15 is 0 Å². The predicted molar refractivity (Wildman–Crippen MR) is 106 cm³/mol. The van der Waals surface area contributed by atoms with Crippen LogP contribution in [-0.2, 0) is 9.47 Å². The zero-order chi connectivity index (χ0) is 18.9. The molecule has 0 bridgehead atoms. The van der Waals surface area contributed by atoms with Crippen molar-refractivity contribution < 1.29 is 14.6 Å². The van der Waals surface area contributed by atoms with E-state index in [2.05, 4.69) is 26.8 Å². The van der Waals surface area contributed by atoms with Crippen LogP contribution in [0.4, 0.5) is 0 Å². The lowest BCUT2D eigenvalue weighted by Crippen LogP contribution is -2.52. The van der Waals surface area contributed by atoms with E-state index in [1.807, 2.05) is 0 Å². The minimum Gasteiger partial charge on any atom is -0.396 e. The molecule has 1 N–H and O–H groups in total. The second kappa shape index (κ2) is 6.31. The number of fused-ring (bicyclic) bond motifs is 5. The zero-order valence-electron chi connectivity index (χ0n) is 17.5. The maximum atomic E-state index is 9.80. The highest BCUT2D eigenvalue weighted by Gasteiger charge is 2.60. The van der Waals surface area contributed by atoms with E-state index in [-0.39, 0.29) is 5.79 Å². The number of hydrogen-bond donors (Lipinski definition) is 1. The van der Waals surface area contributed by atoms with Gasteiger partial charge in [0, 0.05) is 19.4 Å². The fourth-order valence-corrected chi connectivity index (χ4v) is 8.45. The molecule has 1 spiro atoms. The van der Waals surface area contributed by atoms with Crippen molar-refractivity contribution in [2.75, 3.05) is 19.8 Å². The van der Waals surface area contributed by atoms with Crippen LogP contribution in [0.3, 0.4) is 0 Å². The number of aliphatic hydroxyl groups excluding tert-OH is 1. The number of aliphatic hydroxyl groups is 1. The van der Waals surface area contributed by atoms with Gasteiger partial charge in [-0.05, 0) is 78.9 Å². The maximum absolute atomic E-state index is 9.80. The third kappa shape index (κ3) is 2.57. The van der Waals surface area contributed by atoms with Gasteiger partial charge >= 0.3 is 0 Å². The Morgan fingerprint density at radius 1 is 1.07 bits per heavy atom. The Hall–Kier alpha value is -0.380. The van der Waals surface area contributed by atoms with E-state index in [0.717, 1.165) is 43.8 Å². The van der Waals surface area contributed by atoms with Crippen molar-refractivity contribution in [3.05, 3.63) is 11.6 Å². The van der Waals surface area contributed by atoms with Crippen molar-refractivity contribution in [3.8, 4) is 0 Å². The fraction of sp³-hybridized carbons (Fsp3) is 0.917. The lowest BCUT2D eigenvalue weighted by Gasteiger charge is -2.59. The highest BCUT2D eigenvalue weighted by molar-refractivity contribution is 5.26. The van der Waals surface area contributed by atoms with Gasteiger partial charge in [-0.25, -0.2) is 0 Å². The van der Waals surface area contributed by atoms with Crippen molar-refractivity contribution in [2.24, 2.45) is 40.4 Å². The monoisotopic (exact) mass is 374 g/mol. The topological polar surface area (TPSA) is 38.7 Å². The van der Waals surface area contributed by atoms with Gasteiger partial charge in [0.05, 0.1) is 13.2 Å². The van der Waals surface area contributed by atoms with Gasteiger partial charge in [-0.3, -0.25) is 0 Å². The van der Waals surface area contributed by atoms with Crippen LogP contribution >= 0.6 is 0 Å². The largest absolute Gasteiger partial charge is 0.396 e. The first-order valence-corrected chi connectivity index (χ1v) is 11.5. The van der Waals surface area contributed by atoms with Crippen LogP contribution in [0.1, 0.15) is 72.1 Å². The van der Waals surface area contributed by atoms with Crippen molar-refractivity contribution >= 4 is 0 Å². The molecule has 4 aliphatic carbocycles. The summed E-state index contributed by atoms with van der Waals surface area (Å²) >= 11 is 0. The van der Waals surface area contributed by atoms with Gasteiger partial charge < -0.3 is 14.6 Å². The predicted octanol–water partition coefficient (Wildman–Crippen LogP) is 4.94. The first kappa shape index (κ1) is 18.6. The van der Waals surface area contributed by atoms with E-state index in [4.69, 9.17) is 9.47 Å². The fourth-order valence-electron chi connectivity index (χ4n) is 8.45. The summed E-state index contributed by atoms with van der Waals surface area (Å²) in [4.78, 5) is 0. The number of hydrogen-bond acceptors (Lipinski definition) is 3. The van der Waals surface area contributed by atoms with Crippen molar-refractivity contribution in [1.29, 1.82) is 0 Å². The van der Waals surface area contributed by atoms with Crippen molar-refractivity contribution in [1.82, 2.24) is 0 Å². The first-order valence-electron chi connectivity index (χ1n) is 11.5. The second-order valence-corrected chi connectivity index (χ2v) is 10.9. The van der Waals surface area contributed by atoms with E-state index in [9.17, 15) is 5.11 Å². The van der Waals surface area contributed by atoms with Crippen molar-refractivity contribution in [2.45, 2.75) is 77.9 Å². The third-order valence-corrected chi connectivity index (χ3v) is 9.97. The summed E-state index contributed by atoms with van der Waals surface area (Å²) in [6.45, 7) is 9.28. The van der Waals surface area contributed by atoms with Crippen LogP contribution < -0.4 is 0 Å². The minimum absolute atomic E-state index is 0.295. The van der Waals surface area contributed by atoms with E-state index in [1.165, 1.54) is 38.5 Å². The third-order valence-electron chi connectivity index (χ3n) is 9.97. The van der Waals surface area contributed by atoms with Crippen LogP contribution in [0.5, 0.6) is 0 Å². The van der Waals surface area contributed by atoms with Crippen LogP contribution in [0.25, 0.3) is 0 Å². The van der Waals surface area contributed by atoms with Crippen LogP contribution in [-0.4, -0.2) is 30.7 Å². The second-order valence-electron chi connectivity index (χ2n) is 10.9. The Morgan fingerprint density at radius 3 is 2.59 bits per heavy atom. The van der Waals surface area contributed by atoms with E-state index in [0.29, 0.717) is 29.3 Å². The Morgan fingerprint density at radius 2 is 1.85 bits per heavy atom. The van der Waals surface area contributed by atoms with Gasteiger partial charge in [-0.2, -0.15) is 0 Å². The first-order chi connectivity index (χ1) is 12.9. The zero-order valence-corrected chi connectivity index (χ0v) is 17.5. The summed E-state index contributed by atoms with van der Waals surface area (Å²) in [6, 6.07) is 0. The normalized spacial score (nSPS) is 49.3. The van der Waals surface area contributed by atoms with Crippen molar-refractivity contribution in [3.63, 3.8) is 0 Å². The molecule has 0 radical (unpaired) electrons. The Bertz CT molecular complexity index is 621. The van der Waals surface area contributed by atoms with E-state index < -0.39 is 0 Å². The minimum atomic E-state index is -0.295. The summed E-state index contributed by atoms with van der Waals surface area (Å²) in [5, 5.41) is 9.80. The molecule has 1 heterocycles. The number of rotatable bonds is 2. The summed E-state index contributed by atoms with van der Waals surface area (Å²) in [7, 11) is 0. The number of ether oxygens (including phenoxy) is 2. The average molecular weight is 375 g/mol. The summed E-state index contributed by atoms with van der Waals surface area (Å²) in [5.41, 5.74) is 2.43. The molecule has 0 aromatic heterocycles. The molecule has 7 atom stereocenters. The van der Waals surface area contributed by atoms with Gasteiger partial charge in [0.15, 0.2) is 5.79 Å². The summed E-state index contributed by atoms with van der Waals surface area (Å²) in [6.07, 6.45) is 12.6. The Kier molecular flexibility index (Phi) is 4.35. The molecule has 5 rings (SSSR count). The summed E-state index contributed by atoms with van der Waals surface area (Å²) in [5.74, 6) is 3.39. The lowest BCUT2D eigenvalue weighted by atomic mass is 9.47. The molecular formula is C24H38O3.